The zero-order valence-electron chi connectivity index (χ0n) is 14.3. The number of aromatic amines is 1. The van der Waals surface area contributed by atoms with E-state index in [0.717, 1.165) is 27.5 Å². The highest BCUT2D eigenvalue weighted by Crippen LogP contribution is 2.32. The molecule has 0 saturated heterocycles. The van der Waals surface area contributed by atoms with Gasteiger partial charge in [0.2, 0.25) is 5.82 Å². The van der Waals surface area contributed by atoms with Crippen molar-refractivity contribution in [3.8, 4) is 11.1 Å². The van der Waals surface area contributed by atoms with E-state index in [1.807, 2.05) is 35.7 Å². The summed E-state index contributed by atoms with van der Waals surface area (Å²) < 4.78 is 39.3. The van der Waals surface area contributed by atoms with Crippen LogP contribution in [0.4, 0.5) is 13.2 Å². The van der Waals surface area contributed by atoms with Crippen LogP contribution in [-0.4, -0.2) is 24.7 Å². The number of benzene rings is 1. The molecule has 1 N–H and O–H groups in total. The van der Waals surface area contributed by atoms with Crippen molar-refractivity contribution in [2.45, 2.75) is 17.1 Å². The molecule has 6 nitrogen and oxygen atoms in total. The van der Waals surface area contributed by atoms with Gasteiger partial charge in [0.15, 0.2) is 5.16 Å². The van der Waals surface area contributed by atoms with Gasteiger partial charge in [-0.2, -0.15) is 13.2 Å². The maximum atomic E-state index is 12.8. The molecule has 0 spiro atoms. The molecule has 1 aromatic carbocycles. The predicted octanol–water partition coefficient (Wildman–Crippen LogP) is 4.09. The maximum Gasteiger partial charge on any atom is 0.451 e. The summed E-state index contributed by atoms with van der Waals surface area (Å²) in [5, 5.41) is 9.21. The molecule has 0 fully saturated rings. The van der Waals surface area contributed by atoms with Crippen molar-refractivity contribution in [3.63, 3.8) is 0 Å². The third-order valence-corrected chi connectivity index (χ3v) is 5.91. The fraction of sp³-hybridized carbons (Fsp3) is 0.176. The minimum absolute atomic E-state index is 0.0891. The Balaban J connectivity index is 1.61. The molecular weight excluding hydrogens is 411 g/mol. The number of fused-ring (bicyclic) bond motifs is 1. The molecule has 11 heteroatoms. The molecule has 28 heavy (non-hydrogen) atoms. The molecule has 0 unspecified atom stereocenters. The van der Waals surface area contributed by atoms with E-state index >= 15 is 0 Å². The Bertz CT molecular complexity index is 1200. The van der Waals surface area contributed by atoms with Crippen LogP contribution in [0.3, 0.4) is 0 Å². The number of alkyl halides is 3. The first-order valence-corrected chi connectivity index (χ1v) is 9.86. The van der Waals surface area contributed by atoms with Crippen LogP contribution in [0.25, 0.3) is 21.3 Å². The zero-order chi connectivity index (χ0) is 19.9. The highest BCUT2D eigenvalue weighted by molar-refractivity contribution is 7.98. The molecule has 0 aliphatic heterocycles. The summed E-state index contributed by atoms with van der Waals surface area (Å²) in [6, 6.07) is 9.50. The van der Waals surface area contributed by atoms with Crippen molar-refractivity contribution in [1.82, 2.24) is 24.7 Å². The highest BCUT2D eigenvalue weighted by Gasteiger charge is 2.37. The second-order valence-electron chi connectivity index (χ2n) is 5.86. The Morgan fingerprint density at radius 2 is 1.96 bits per heavy atom. The van der Waals surface area contributed by atoms with Crippen LogP contribution in [-0.2, 0) is 19.0 Å². The van der Waals surface area contributed by atoms with Crippen LogP contribution in [0.15, 0.2) is 45.7 Å². The van der Waals surface area contributed by atoms with Crippen molar-refractivity contribution < 1.29 is 13.2 Å². The fourth-order valence-electron chi connectivity index (χ4n) is 2.71. The van der Waals surface area contributed by atoms with Gasteiger partial charge < -0.3 is 9.55 Å². The van der Waals surface area contributed by atoms with E-state index in [4.69, 9.17) is 0 Å². The van der Waals surface area contributed by atoms with Gasteiger partial charge in [0.25, 0.3) is 5.56 Å². The first kappa shape index (κ1) is 18.7. The number of nitrogens with one attached hydrogen (secondary N) is 1. The van der Waals surface area contributed by atoms with Gasteiger partial charge in [-0.25, -0.2) is 4.98 Å². The molecule has 3 aromatic heterocycles. The highest BCUT2D eigenvalue weighted by atomic mass is 32.2. The Kier molecular flexibility index (Phi) is 4.71. The fourth-order valence-corrected chi connectivity index (χ4v) is 4.46. The number of aromatic nitrogens is 5. The van der Waals surface area contributed by atoms with E-state index in [9.17, 15) is 18.0 Å². The van der Waals surface area contributed by atoms with Gasteiger partial charge in [0.05, 0.1) is 11.1 Å². The maximum absolute atomic E-state index is 12.8. The number of halogens is 3. The lowest BCUT2D eigenvalue weighted by Crippen LogP contribution is -2.13. The summed E-state index contributed by atoms with van der Waals surface area (Å²) in [7, 11) is 1.25. The van der Waals surface area contributed by atoms with Crippen LogP contribution in [0, 0.1) is 0 Å². The molecule has 0 aliphatic rings. The monoisotopic (exact) mass is 423 g/mol. The van der Waals surface area contributed by atoms with Crippen molar-refractivity contribution in [2.75, 3.05) is 0 Å². The lowest BCUT2D eigenvalue weighted by Gasteiger charge is -2.06. The lowest BCUT2D eigenvalue weighted by molar-refractivity contribution is -0.147. The number of hydrogen-bond donors (Lipinski definition) is 1. The molecule has 4 rings (SSSR count). The zero-order valence-corrected chi connectivity index (χ0v) is 16.0. The normalized spacial score (nSPS) is 12.0. The Hall–Kier alpha value is -2.66. The lowest BCUT2D eigenvalue weighted by atomic mass is 10.1. The van der Waals surface area contributed by atoms with Gasteiger partial charge in [-0.15, -0.1) is 21.5 Å². The molecule has 3 heterocycles. The molecule has 0 bridgehead atoms. The SMILES string of the molecule is Cn1c(SCc2nc3scc(-c4ccccc4)c3c(=O)[nH]2)nnc1C(F)(F)F. The summed E-state index contributed by atoms with van der Waals surface area (Å²) in [5.41, 5.74) is 1.44. The summed E-state index contributed by atoms with van der Waals surface area (Å²) >= 11 is 2.37. The number of nitrogens with zero attached hydrogens (tertiary/aromatic N) is 4. The van der Waals surface area contributed by atoms with Crippen LogP contribution in [0.2, 0.25) is 0 Å². The van der Waals surface area contributed by atoms with Gasteiger partial charge in [-0.05, 0) is 5.56 Å². The second-order valence-corrected chi connectivity index (χ2v) is 7.66. The molecule has 0 saturated carbocycles. The number of H-pyrrole nitrogens is 1. The molecule has 0 aliphatic carbocycles. The van der Waals surface area contributed by atoms with Gasteiger partial charge >= 0.3 is 6.18 Å². The molecule has 0 atom stereocenters. The van der Waals surface area contributed by atoms with Crippen molar-refractivity contribution in [2.24, 2.45) is 7.05 Å². The smallest absolute Gasteiger partial charge is 0.309 e. The summed E-state index contributed by atoms with van der Waals surface area (Å²) in [4.78, 5) is 20.3. The van der Waals surface area contributed by atoms with Gasteiger partial charge in [-0.1, -0.05) is 42.1 Å². The topological polar surface area (TPSA) is 76.5 Å². The summed E-state index contributed by atoms with van der Waals surface area (Å²) in [6.07, 6.45) is -4.57. The van der Waals surface area contributed by atoms with E-state index in [1.54, 1.807) is 0 Å². The standard InChI is InChI=1S/C17H12F3N5OS2/c1-25-15(17(18,19)20)23-24-16(25)28-8-11-21-13(26)12-10(7-27-14(12)22-11)9-5-3-2-4-6-9/h2-7H,8H2,1H3,(H,21,22,26). The van der Waals surface area contributed by atoms with Gasteiger partial charge in [0.1, 0.15) is 10.7 Å². The number of thioether (sulfide) groups is 1. The van der Waals surface area contributed by atoms with E-state index in [-0.39, 0.29) is 16.5 Å². The largest absolute Gasteiger partial charge is 0.451 e. The molecule has 0 radical (unpaired) electrons. The van der Waals surface area contributed by atoms with E-state index < -0.39 is 12.0 Å². The average Bonchev–Trinajstić information content (AvgIpc) is 3.24. The molecule has 4 aromatic rings. The summed E-state index contributed by atoms with van der Waals surface area (Å²) in [6.45, 7) is 0. The van der Waals surface area contributed by atoms with E-state index in [2.05, 4.69) is 20.2 Å². The molecular formula is C17H12F3N5OS2. The van der Waals surface area contributed by atoms with Crippen LogP contribution >= 0.6 is 23.1 Å². The molecule has 0 amide bonds. The predicted molar refractivity (Wildman–Crippen MR) is 101 cm³/mol. The Labute approximate surface area is 164 Å². The summed E-state index contributed by atoms with van der Waals surface area (Å²) in [5.74, 6) is -0.550. The van der Waals surface area contributed by atoms with Gasteiger partial charge in [-0.3, -0.25) is 4.79 Å². The average molecular weight is 423 g/mol. The third-order valence-electron chi connectivity index (χ3n) is 4.00. The second kappa shape index (κ2) is 7.06. The quantitative estimate of drug-likeness (QED) is 0.501. The van der Waals surface area contributed by atoms with Gasteiger partial charge in [0, 0.05) is 18.0 Å². The van der Waals surface area contributed by atoms with Crippen LogP contribution < -0.4 is 5.56 Å². The minimum atomic E-state index is -4.57. The van der Waals surface area contributed by atoms with Crippen molar-refractivity contribution in [3.05, 3.63) is 57.7 Å². The minimum Gasteiger partial charge on any atom is -0.309 e. The van der Waals surface area contributed by atoms with Crippen molar-refractivity contribution in [1.29, 1.82) is 0 Å². The van der Waals surface area contributed by atoms with Crippen molar-refractivity contribution >= 4 is 33.3 Å². The first-order chi connectivity index (χ1) is 13.3. The number of rotatable bonds is 4. The van der Waals surface area contributed by atoms with Crippen LogP contribution in [0.1, 0.15) is 11.6 Å². The Morgan fingerprint density at radius 1 is 1.21 bits per heavy atom. The first-order valence-electron chi connectivity index (χ1n) is 8.00. The Morgan fingerprint density at radius 3 is 2.64 bits per heavy atom. The van der Waals surface area contributed by atoms with E-state index in [1.165, 1.54) is 18.4 Å². The number of hydrogen-bond acceptors (Lipinski definition) is 6. The van der Waals surface area contributed by atoms with E-state index in [0.29, 0.717) is 16.0 Å². The number of thiophene rings is 1. The third kappa shape index (κ3) is 3.42. The van der Waals surface area contributed by atoms with Crippen LogP contribution in [0.5, 0.6) is 0 Å². The molecule has 144 valence electrons.